The third kappa shape index (κ3) is 3.39. The molecule has 1 aromatic rings. The number of hydrogen-bond donors (Lipinski definition) is 1. The summed E-state index contributed by atoms with van der Waals surface area (Å²) in [6.45, 7) is 4.81. The van der Waals surface area contributed by atoms with E-state index >= 15 is 0 Å². The zero-order chi connectivity index (χ0) is 13.9. The largest absolute Gasteiger partial charge is 0.486 e. The van der Waals surface area contributed by atoms with Crippen molar-refractivity contribution in [2.45, 2.75) is 37.6 Å². The first-order valence-electron chi connectivity index (χ1n) is 6.45. The van der Waals surface area contributed by atoms with Crippen molar-refractivity contribution in [3.05, 3.63) is 18.2 Å². The Hall–Kier alpha value is -1.27. The molecule has 1 aliphatic rings. The van der Waals surface area contributed by atoms with Crippen molar-refractivity contribution in [3.63, 3.8) is 0 Å². The molecule has 5 nitrogen and oxygen atoms in total. The summed E-state index contributed by atoms with van der Waals surface area (Å²) >= 11 is 0. The first-order chi connectivity index (χ1) is 9.03. The van der Waals surface area contributed by atoms with E-state index < -0.39 is 10.0 Å². The number of nitrogens with one attached hydrogen (secondary N) is 1. The van der Waals surface area contributed by atoms with Gasteiger partial charge in [0.2, 0.25) is 10.0 Å². The van der Waals surface area contributed by atoms with Gasteiger partial charge in [0.15, 0.2) is 11.5 Å². The molecule has 0 amide bonds. The van der Waals surface area contributed by atoms with Gasteiger partial charge in [0.05, 0.1) is 4.90 Å². The molecule has 0 spiro atoms. The normalized spacial score (nSPS) is 16.1. The molecule has 0 fully saturated rings. The molecule has 6 heteroatoms. The Balaban J connectivity index is 2.21. The first kappa shape index (κ1) is 14.1. The van der Waals surface area contributed by atoms with Crippen molar-refractivity contribution in [1.29, 1.82) is 0 Å². The molecule has 1 unspecified atom stereocenters. The summed E-state index contributed by atoms with van der Waals surface area (Å²) in [5.41, 5.74) is 0. The predicted octanol–water partition coefficient (Wildman–Crippen LogP) is 1.92. The number of benzene rings is 1. The molecule has 1 atom stereocenters. The van der Waals surface area contributed by atoms with E-state index in [9.17, 15) is 8.42 Å². The second-order valence-corrected chi connectivity index (χ2v) is 6.33. The summed E-state index contributed by atoms with van der Waals surface area (Å²) in [5.74, 6) is 1.07. The minimum absolute atomic E-state index is 0.0804. The molecule has 0 radical (unpaired) electrons. The molecule has 1 N–H and O–H groups in total. The Morgan fingerprint density at radius 3 is 2.63 bits per heavy atom. The maximum atomic E-state index is 12.2. The Labute approximate surface area is 114 Å². The van der Waals surface area contributed by atoms with Crippen LogP contribution in [0.4, 0.5) is 0 Å². The Morgan fingerprint density at radius 2 is 1.95 bits per heavy atom. The lowest BCUT2D eigenvalue weighted by Crippen LogP contribution is -2.32. The maximum absolute atomic E-state index is 12.2. The molecule has 1 aliphatic heterocycles. The molecule has 2 rings (SSSR count). The van der Waals surface area contributed by atoms with E-state index in [-0.39, 0.29) is 10.9 Å². The SMILES string of the molecule is CCCC(C)NS(=O)(=O)c1ccc2c(c1)OCCO2. The van der Waals surface area contributed by atoms with Crippen molar-refractivity contribution >= 4 is 10.0 Å². The van der Waals surface area contributed by atoms with Crippen molar-refractivity contribution in [1.82, 2.24) is 4.72 Å². The highest BCUT2D eigenvalue weighted by atomic mass is 32.2. The van der Waals surface area contributed by atoms with Crippen molar-refractivity contribution < 1.29 is 17.9 Å². The van der Waals surface area contributed by atoms with Gasteiger partial charge in [-0.05, 0) is 25.5 Å². The third-order valence-corrected chi connectivity index (χ3v) is 4.49. The summed E-state index contributed by atoms with van der Waals surface area (Å²) in [7, 11) is -3.50. The molecule has 0 saturated heterocycles. The second kappa shape index (κ2) is 5.79. The van der Waals surface area contributed by atoms with Gasteiger partial charge in [-0.3, -0.25) is 0 Å². The number of sulfonamides is 1. The van der Waals surface area contributed by atoms with Gasteiger partial charge in [0, 0.05) is 12.1 Å². The Morgan fingerprint density at radius 1 is 1.26 bits per heavy atom. The van der Waals surface area contributed by atoms with Gasteiger partial charge < -0.3 is 9.47 Å². The van der Waals surface area contributed by atoms with Gasteiger partial charge >= 0.3 is 0 Å². The number of ether oxygens (including phenoxy) is 2. The molecule has 0 saturated carbocycles. The average molecular weight is 285 g/mol. The van der Waals surface area contributed by atoms with Gasteiger partial charge in [0.25, 0.3) is 0 Å². The second-order valence-electron chi connectivity index (χ2n) is 4.62. The number of hydrogen-bond acceptors (Lipinski definition) is 4. The molecule has 1 heterocycles. The summed E-state index contributed by atoms with van der Waals surface area (Å²) in [6, 6.07) is 4.60. The lowest BCUT2D eigenvalue weighted by atomic mass is 10.2. The molecule has 19 heavy (non-hydrogen) atoms. The molecular weight excluding hydrogens is 266 g/mol. The zero-order valence-corrected chi connectivity index (χ0v) is 12.0. The molecule has 0 bridgehead atoms. The fraction of sp³-hybridized carbons (Fsp3) is 0.538. The highest BCUT2D eigenvalue weighted by molar-refractivity contribution is 7.89. The highest BCUT2D eigenvalue weighted by Gasteiger charge is 2.20. The van der Waals surface area contributed by atoms with Crippen LogP contribution in [0.2, 0.25) is 0 Å². The fourth-order valence-corrected chi connectivity index (χ4v) is 3.31. The minimum atomic E-state index is -3.50. The predicted molar refractivity (Wildman–Crippen MR) is 72.1 cm³/mol. The van der Waals surface area contributed by atoms with Crippen molar-refractivity contribution in [3.8, 4) is 11.5 Å². The smallest absolute Gasteiger partial charge is 0.240 e. The van der Waals surface area contributed by atoms with E-state index in [1.54, 1.807) is 6.07 Å². The Bertz CT molecular complexity index is 542. The van der Waals surface area contributed by atoms with E-state index in [4.69, 9.17) is 9.47 Å². The monoisotopic (exact) mass is 285 g/mol. The van der Waals surface area contributed by atoms with Crippen LogP contribution in [0.3, 0.4) is 0 Å². The molecule has 0 aromatic heterocycles. The molecule has 106 valence electrons. The highest BCUT2D eigenvalue weighted by Crippen LogP contribution is 2.32. The van der Waals surface area contributed by atoms with Crippen LogP contribution in [-0.2, 0) is 10.0 Å². The maximum Gasteiger partial charge on any atom is 0.240 e. The lowest BCUT2D eigenvalue weighted by molar-refractivity contribution is 0.171. The fourth-order valence-electron chi connectivity index (χ4n) is 2.02. The van der Waals surface area contributed by atoms with Crippen molar-refractivity contribution in [2.75, 3.05) is 13.2 Å². The van der Waals surface area contributed by atoms with Gasteiger partial charge in [-0.25, -0.2) is 13.1 Å². The molecule has 0 aliphatic carbocycles. The third-order valence-electron chi connectivity index (χ3n) is 2.90. The van der Waals surface area contributed by atoms with Crippen LogP contribution in [0.5, 0.6) is 11.5 Å². The van der Waals surface area contributed by atoms with Crippen LogP contribution in [-0.4, -0.2) is 27.7 Å². The standard InChI is InChI=1S/C13H19NO4S/c1-3-4-10(2)14-19(15,16)11-5-6-12-13(9-11)18-8-7-17-12/h5-6,9-10,14H,3-4,7-8H2,1-2H3. The molecule has 1 aromatic carbocycles. The minimum Gasteiger partial charge on any atom is -0.486 e. The summed E-state index contributed by atoms with van der Waals surface area (Å²) in [6.07, 6.45) is 1.74. The molecular formula is C13H19NO4S. The van der Waals surface area contributed by atoms with Crippen LogP contribution in [0.25, 0.3) is 0 Å². The topological polar surface area (TPSA) is 64.6 Å². The Kier molecular flexibility index (Phi) is 4.31. The lowest BCUT2D eigenvalue weighted by Gasteiger charge is -2.19. The van der Waals surface area contributed by atoms with Crippen LogP contribution in [0.1, 0.15) is 26.7 Å². The van der Waals surface area contributed by atoms with E-state index in [2.05, 4.69) is 4.72 Å². The van der Waals surface area contributed by atoms with Gasteiger partial charge in [-0.2, -0.15) is 0 Å². The van der Waals surface area contributed by atoms with E-state index in [1.807, 2.05) is 13.8 Å². The van der Waals surface area contributed by atoms with E-state index in [0.717, 1.165) is 12.8 Å². The van der Waals surface area contributed by atoms with E-state index in [0.29, 0.717) is 24.7 Å². The van der Waals surface area contributed by atoms with Gasteiger partial charge in [0.1, 0.15) is 13.2 Å². The number of fused-ring (bicyclic) bond motifs is 1. The van der Waals surface area contributed by atoms with Crippen molar-refractivity contribution in [2.24, 2.45) is 0 Å². The van der Waals surface area contributed by atoms with Crippen LogP contribution in [0, 0.1) is 0 Å². The van der Waals surface area contributed by atoms with Crippen LogP contribution < -0.4 is 14.2 Å². The van der Waals surface area contributed by atoms with Crippen LogP contribution in [0.15, 0.2) is 23.1 Å². The van der Waals surface area contributed by atoms with E-state index in [1.165, 1.54) is 12.1 Å². The van der Waals surface area contributed by atoms with Gasteiger partial charge in [-0.15, -0.1) is 0 Å². The quantitative estimate of drug-likeness (QED) is 0.897. The average Bonchev–Trinajstić information content (AvgIpc) is 2.37. The summed E-state index contributed by atoms with van der Waals surface area (Å²) < 4.78 is 37.8. The summed E-state index contributed by atoms with van der Waals surface area (Å²) in [4.78, 5) is 0.208. The summed E-state index contributed by atoms with van der Waals surface area (Å²) in [5, 5.41) is 0. The zero-order valence-electron chi connectivity index (χ0n) is 11.2. The number of rotatable bonds is 5. The van der Waals surface area contributed by atoms with Gasteiger partial charge in [-0.1, -0.05) is 13.3 Å². The van der Waals surface area contributed by atoms with Crippen LogP contribution >= 0.6 is 0 Å². The first-order valence-corrected chi connectivity index (χ1v) is 7.93.